The lowest BCUT2D eigenvalue weighted by molar-refractivity contribution is 0.0173. The van der Waals surface area contributed by atoms with E-state index in [0.29, 0.717) is 31.9 Å². The van der Waals surface area contributed by atoms with Crippen LogP contribution >= 0.6 is 0 Å². The minimum atomic E-state index is -0.523. The number of hydrogen-bond donors (Lipinski definition) is 0. The van der Waals surface area contributed by atoms with Crippen LogP contribution in [-0.2, 0) is 11.3 Å². The van der Waals surface area contributed by atoms with E-state index in [-0.39, 0.29) is 23.7 Å². The fourth-order valence-electron chi connectivity index (χ4n) is 4.50. The molecular formula is C26H31N5O4. The molecule has 0 atom stereocenters. The van der Waals surface area contributed by atoms with Crippen LogP contribution < -0.4 is 9.64 Å². The lowest BCUT2D eigenvalue weighted by Gasteiger charge is -2.40. The van der Waals surface area contributed by atoms with Crippen molar-refractivity contribution in [1.29, 1.82) is 5.26 Å². The Hall–Kier alpha value is -3.80. The molecule has 0 aliphatic carbocycles. The topological polar surface area (TPSA) is 99.0 Å². The van der Waals surface area contributed by atoms with Gasteiger partial charge < -0.3 is 19.3 Å². The number of aromatic nitrogens is 1. The second kappa shape index (κ2) is 9.82. The molecule has 184 valence electrons. The molecule has 2 aliphatic rings. The molecule has 35 heavy (non-hydrogen) atoms. The molecule has 4 rings (SSSR count). The van der Waals surface area contributed by atoms with Crippen LogP contribution in [0.5, 0.6) is 5.75 Å². The molecule has 9 nitrogen and oxygen atoms in total. The van der Waals surface area contributed by atoms with Crippen LogP contribution in [0.3, 0.4) is 0 Å². The third-order valence-electron chi connectivity index (χ3n) is 6.21. The van der Waals surface area contributed by atoms with Crippen LogP contribution in [-0.4, -0.2) is 59.3 Å². The van der Waals surface area contributed by atoms with Gasteiger partial charge in [-0.1, -0.05) is 0 Å². The number of carbonyl (C=O) groups excluding carboxylic acids is 2. The first-order valence-corrected chi connectivity index (χ1v) is 11.8. The molecule has 9 heteroatoms. The minimum Gasteiger partial charge on any atom is -0.497 e. The quantitative estimate of drug-likeness (QED) is 0.634. The van der Waals surface area contributed by atoms with Crippen molar-refractivity contribution >= 4 is 23.5 Å². The van der Waals surface area contributed by atoms with Gasteiger partial charge >= 0.3 is 12.1 Å². The van der Waals surface area contributed by atoms with Crippen LogP contribution in [0.2, 0.25) is 0 Å². The molecule has 1 aromatic heterocycles. The van der Waals surface area contributed by atoms with E-state index in [9.17, 15) is 14.9 Å². The number of hydrogen-bond acceptors (Lipinski definition) is 6. The molecule has 0 unspecified atom stereocenters. The highest BCUT2D eigenvalue weighted by Gasteiger charge is 2.35. The van der Waals surface area contributed by atoms with Crippen molar-refractivity contribution in [3.8, 4) is 11.8 Å². The number of benzene rings is 1. The van der Waals surface area contributed by atoms with Gasteiger partial charge in [0.2, 0.25) is 0 Å². The Balaban J connectivity index is 1.52. The molecule has 1 fully saturated rings. The van der Waals surface area contributed by atoms with Crippen molar-refractivity contribution in [2.24, 2.45) is 5.92 Å². The van der Waals surface area contributed by atoms with Crippen molar-refractivity contribution in [1.82, 2.24) is 14.8 Å². The Morgan fingerprint density at radius 1 is 1.20 bits per heavy atom. The first kappa shape index (κ1) is 24.3. The highest BCUT2D eigenvalue weighted by Crippen LogP contribution is 2.37. The van der Waals surface area contributed by atoms with E-state index in [2.05, 4.69) is 4.98 Å². The summed E-state index contributed by atoms with van der Waals surface area (Å²) in [5.41, 5.74) is 2.05. The van der Waals surface area contributed by atoms with Crippen molar-refractivity contribution in [2.45, 2.75) is 45.8 Å². The number of nitrogens with zero attached hydrogens (tertiary/aromatic N) is 5. The van der Waals surface area contributed by atoms with Gasteiger partial charge in [-0.15, -0.1) is 0 Å². The fourth-order valence-corrected chi connectivity index (χ4v) is 4.50. The monoisotopic (exact) mass is 477 g/mol. The number of methoxy groups -OCH3 is 1. The van der Waals surface area contributed by atoms with Gasteiger partial charge in [-0.25, -0.2) is 14.6 Å². The number of urea groups is 1. The summed E-state index contributed by atoms with van der Waals surface area (Å²) < 4.78 is 10.9. The highest BCUT2D eigenvalue weighted by atomic mass is 16.6. The van der Waals surface area contributed by atoms with Gasteiger partial charge in [-0.3, -0.25) is 4.90 Å². The number of carbonyl (C=O) groups is 2. The standard InChI is InChI=1S/C26H31N5O4/c1-26(2,3)35-25(33)29-11-8-18(9-12-29)16-30-17-19-13-22(34-4)5-6-23(19)31(24(30)32)21-7-10-28-20(14-21)15-27/h5-7,10,13-14,18H,8-9,11-12,16-17H2,1-4H3. The van der Waals surface area contributed by atoms with Gasteiger partial charge in [-0.05, 0) is 75.4 Å². The van der Waals surface area contributed by atoms with E-state index in [1.165, 1.54) is 6.20 Å². The summed E-state index contributed by atoms with van der Waals surface area (Å²) in [5, 5.41) is 9.30. The van der Waals surface area contributed by atoms with Crippen LogP contribution in [0.15, 0.2) is 36.5 Å². The number of piperidine rings is 1. The number of ether oxygens (including phenoxy) is 2. The van der Waals surface area contributed by atoms with E-state index >= 15 is 0 Å². The average Bonchev–Trinajstić information content (AvgIpc) is 2.83. The summed E-state index contributed by atoms with van der Waals surface area (Å²) in [7, 11) is 1.62. The van der Waals surface area contributed by atoms with Crippen LogP contribution in [0.1, 0.15) is 44.9 Å². The second-order valence-corrected chi connectivity index (χ2v) is 9.91. The zero-order valence-electron chi connectivity index (χ0n) is 20.7. The van der Waals surface area contributed by atoms with E-state index in [1.807, 2.05) is 49.9 Å². The van der Waals surface area contributed by atoms with Gasteiger partial charge in [-0.2, -0.15) is 5.26 Å². The molecule has 0 saturated carbocycles. The van der Waals surface area contributed by atoms with E-state index in [1.54, 1.807) is 29.0 Å². The smallest absolute Gasteiger partial charge is 0.410 e. The van der Waals surface area contributed by atoms with Crippen LogP contribution in [0, 0.1) is 17.2 Å². The van der Waals surface area contributed by atoms with Gasteiger partial charge in [0.05, 0.1) is 18.5 Å². The SMILES string of the molecule is COc1ccc2c(c1)CN(CC1CCN(C(=O)OC(C)(C)C)CC1)C(=O)N2c1ccnc(C#N)c1. The summed E-state index contributed by atoms with van der Waals surface area (Å²) in [6.45, 7) is 7.83. The van der Waals surface area contributed by atoms with Crippen LogP contribution in [0.25, 0.3) is 0 Å². The summed E-state index contributed by atoms with van der Waals surface area (Å²) in [6.07, 6.45) is 2.84. The zero-order valence-corrected chi connectivity index (χ0v) is 20.7. The molecular weight excluding hydrogens is 446 g/mol. The number of pyridine rings is 1. The molecule has 2 aromatic rings. The maximum Gasteiger partial charge on any atom is 0.410 e. The van der Waals surface area contributed by atoms with E-state index in [4.69, 9.17) is 9.47 Å². The molecule has 0 bridgehead atoms. The summed E-state index contributed by atoms with van der Waals surface area (Å²) in [5.74, 6) is 0.981. The summed E-state index contributed by atoms with van der Waals surface area (Å²) in [6, 6.07) is 10.9. The molecule has 1 saturated heterocycles. The van der Waals surface area contributed by atoms with Gasteiger partial charge in [0.25, 0.3) is 0 Å². The molecule has 1 aromatic carbocycles. The molecule has 3 heterocycles. The third kappa shape index (κ3) is 5.48. The Morgan fingerprint density at radius 3 is 2.60 bits per heavy atom. The first-order valence-electron chi connectivity index (χ1n) is 11.8. The number of fused-ring (bicyclic) bond motifs is 1. The van der Waals surface area contributed by atoms with Crippen molar-refractivity contribution in [2.75, 3.05) is 31.6 Å². The number of anilines is 2. The molecule has 0 spiro atoms. The molecule has 3 amide bonds. The maximum absolute atomic E-state index is 13.7. The maximum atomic E-state index is 13.7. The van der Waals surface area contributed by atoms with Gasteiger partial charge in [0.15, 0.2) is 0 Å². The number of likely N-dealkylation sites (tertiary alicyclic amines) is 1. The summed E-state index contributed by atoms with van der Waals surface area (Å²) >= 11 is 0. The van der Waals surface area contributed by atoms with Crippen LogP contribution in [0.4, 0.5) is 21.0 Å². The predicted octanol–water partition coefficient (Wildman–Crippen LogP) is 4.68. The van der Waals surface area contributed by atoms with Crippen molar-refractivity contribution < 1.29 is 19.1 Å². The Kier molecular flexibility index (Phi) is 6.83. The number of rotatable bonds is 4. The molecule has 2 aliphatic heterocycles. The third-order valence-corrected chi connectivity index (χ3v) is 6.21. The Bertz CT molecular complexity index is 1150. The lowest BCUT2D eigenvalue weighted by Crippen LogP contribution is -2.48. The minimum absolute atomic E-state index is 0.146. The second-order valence-electron chi connectivity index (χ2n) is 9.91. The van der Waals surface area contributed by atoms with Crippen molar-refractivity contribution in [3.05, 3.63) is 47.8 Å². The highest BCUT2D eigenvalue weighted by molar-refractivity contribution is 6.02. The Morgan fingerprint density at radius 2 is 1.94 bits per heavy atom. The fraction of sp³-hybridized carbons (Fsp3) is 0.462. The largest absolute Gasteiger partial charge is 0.497 e. The zero-order chi connectivity index (χ0) is 25.2. The lowest BCUT2D eigenvalue weighted by atomic mass is 9.95. The van der Waals surface area contributed by atoms with Gasteiger partial charge in [0.1, 0.15) is 23.1 Å². The normalized spacial score (nSPS) is 16.5. The van der Waals surface area contributed by atoms with E-state index < -0.39 is 5.60 Å². The van der Waals surface area contributed by atoms with Gasteiger partial charge in [0, 0.05) is 32.4 Å². The van der Waals surface area contributed by atoms with E-state index in [0.717, 1.165) is 29.8 Å². The molecule has 0 N–H and O–H groups in total. The predicted molar refractivity (Wildman–Crippen MR) is 130 cm³/mol. The first-order chi connectivity index (χ1) is 16.7. The average molecular weight is 478 g/mol. The van der Waals surface area contributed by atoms with Crippen molar-refractivity contribution in [3.63, 3.8) is 0 Å². The number of amides is 3. The number of nitriles is 1. The molecule has 0 radical (unpaired) electrons. The summed E-state index contributed by atoms with van der Waals surface area (Å²) in [4.78, 5) is 35.3. The Labute approximate surface area is 205 Å².